The molecule has 2 amide bonds. The zero-order chi connectivity index (χ0) is 13.5. The maximum atomic E-state index is 11.6. The van der Waals surface area contributed by atoms with E-state index in [0.29, 0.717) is 6.42 Å². The van der Waals surface area contributed by atoms with Gasteiger partial charge in [-0.05, 0) is 32.9 Å². The predicted molar refractivity (Wildman–Crippen MR) is 68.5 cm³/mol. The van der Waals surface area contributed by atoms with E-state index >= 15 is 0 Å². The van der Waals surface area contributed by atoms with E-state index in [1.165, 1.54) is 0 Å². The van der Waals surface area contributed by atoms with Crippen LogP contribution in [0, 0.1) is 5.92 Å². The molecule has 2 unspecified atom stereocenters. The Morgan fingerprint density at radius 2 is 2.22 bits per heavy atom. The number of carbonyl (C=O) groups is 2. The number of aliphatic carboxylic acids is 1. The molecule has 18 heavy (non-hydrogen) atoms. The summed E-state index contributed by atoms with van der Waals surface area (Å²) in [5, 5.41) is 14.4. The van der Waals surface area contributed by atoms with Crippen LogP contribution in [0.4, 0.5) is 4.79 Å². The van der Waals surface area contributed by atoms with Crippen molar-refractivity contribution < 1.29 is 14.7 Å². The van der Waals surface area contributed by atoms with Crippen molar-refractivity contribution in [3.63, 3.8) is 0 Å². The molecular weight excluding hydrogens is 234 g/mol. The first-order valence-corrected chi connectivity index (χ1v) is 6.48. The van der Waals surface area contributed by atoms with Gasteiger partial charge < -0.3 is 20.6 Å². The molecule has 1 aliphatic heterocycles. The largest absolute Gasteiger partial charge is 0.481 e. The summed E-state index contributed by atoms with van der Waals surface area (Å²) in [6.45, 7) is 3.90. The Balaban J connectivity index is 2.26. The van der Waals surface area contributed by atoms with Crippen molar-refractivity contribution in [2.45, 2.75) is 32.2 Å². The number of likely N-dealkylation sites (N-methyl/N-ethyl adjacent to an activating group) is 1. The average Bonchev–Trinajstić information content (AvgIpc) is 2.29. The van der Waals surface area contributed by atoms with Crippen LogP contribution < -0.4 is 10.6 Å². The van der Waals surface area contributed by atoms with E-state index in [9.17, 15) is 9.59 Å². The van der Waals surface area contributed by atoms with Gasteiger partial charge in [0.1, 0.15) is 0 Å². The number of nitrogens with one attached hydrogen (secondary N) is 2. The molecule has 0 aromatic rings. The van der Waals surface area contributed by atoms with Crippen molar-refractivity contribution in [3.05, 3.63) is 0 Å². The Morgan fingerprint density at radius 3 is 2.78 bits per heavy atom. The molecule has 0 aromatic heterocycles. The van der Waals surface area contributed by atoms with Gasteiger partial charge in [-0.25, -0.2) is 4.79 Å². The van der Waals surface area contributed by atoms with Crippen molar-refractivity contribution in [1.29, 1.82) is 0 Å². The van der Waals surface area contributed by atoms with Crippen LogP contribution in [0.3, 0.4) is 0 Å². The third kappa shape index (κ3) is 4.91. The average molecular weight is 257 g/mol. The SMILES string of the molecule is CCC(CNC(=O)NC1CCCN(C)C1)C(=O)O. The summed E-state index contributed by atoms with van der Waals surface area (Å²) in [5.41, 5.74) is 0. The highest BCUT2D eigenvalue weighted by atomic mass is 16.4. The van der Waals surface area contributed by atoms with E-state index in [4.69, 9.17) is 5.11 Å². The van der Waals surface area contributed by atoms with Crippen LogP contribution in [-0.2, 0) is 4.79 Å². The molecule has 2 atom stereocenters. The third-order valence-electron chi connectivity index (χ3n) is 3.31. The van der Waals surface area contributed by atoms with E-state index in [0.717, 1.165) is 25.9 Å². The van der Waals surface area contributed by atoms with Crippen molar-refractivity contribution >= 4 is 12.0 Å². The number of hydrogen-bond donors (Lipinski definition) is 3. The van der Waals surface area contributed by atoms with E-state index in [-0.39, 0.29) is 18.6 Å². The third-order valence-corrected chi connectivity index (χ3v) is 3.31. The van der Waals surface area contributed by atoms with Gasteiger partial charge in [-0.15, -0.1) is 0 Å². The van der Waals surface area contributed by atoms with Gasteiger partial charge in [0, 0.05) is 19.1 Å². The van der Waals surface area contributed by atoms with E-state index in [1.807, 2.05) is 7.05 Å². The first-order valence-electron chi connectivity index (χ1n) is 6.48. The molecule has 1 aliphatic rings. The smallest absolute Gasteiger partial charge is 0.315 e. The van der Waals surface area contributed by atoms with Crippen molar-refractivity contribution in [2.75, 3.05) is 26.7 Å². The fraction of sp³-hybridized carbons (Fsp3) is 0.833. The minimum absolute atomic E-state index is 0.161. The van der Waals surface area contributed by atoms with Gasteiger partial charge in [0.05, 0.1) is 5.92 Å². The predicted octanol–water partition coefficient (Wildman–Crippen LogP) is 0.491. The number of amides is 2. The monoisotopic (exact) mass is 257 g/mol. The number of carboxylic acid groups (broad SMARTS) is 1. The van der Waals surface area contributed by atoms with Gasteiger partial charge in [0.25, 0.3) is 0 Å². The second-order valence-electron chi connectivity index (χ2n) is 4.90. The van der Waals surface area contributed by atoms with Crippen LogP contribution >= 0.6 is 0 Å². The lowest BCUT2D eigenvalue weighted by Crippen LogP contribution is -2.50. The molecule has 6 heteroatoms. The Morgan fingerprint density at radius 1 is 1.50 bits per heavy atom. The van der Waals surface area contributed by atoms with Crippen LogP contribution in [0.2, 0.25) is 0 Å². The zero-order valence-corrected chi connectivity index (χ0v) is 11.1. The normalized spacial score (nSPS) is 22.2. The van der Waals surface area contributed by atoms with Gasteiger partial charge >= 0.3 is 12.0 Å². The van der Waals surface area contributed by atoms with Gasteiger partial charge in [-0.3, -0.25) is 4.79 Å². The van der Waals surface area contributed by atoms with Crippen molar-refractivity contribution in [2.24, 2.45) is 5.92 Å². The number of hydrogen-bond acceptors (Lipinski definition) is 3. The summed E-state index contributed by atoms with van der Waals surface area (Å²) in [5.74, 6) is -1.38. The van der Waals surface area contributed by atoms with E-state index in [2.05, 4.69) is 15.5 Å². The lowest BCUT2D eigenvalue weighted by Gasteiger charge is -2.30. The maximum absolute atomic E-state index is 11.6. The van der Waals surface area contributed by atoms with Crippen LogP contribution in [0.25, 0.3) is 0 Å². The lowest BCUT2D eigenvalue weighted by molar-refractivity contribution is -0.141. The Labute approximate surface area is 108 Å². The minimum Gasteiger partial charge on any atom is -0.481 e. The number of urea groups is 1. The Bertz CT molecular complexity index is 296. The molecule has 0 aliphatic carbocycles. The molecule has 104 valence electrons. The maximum Gasteiger partial charge on any atom is 0.315 e. The molecule has 1 rings (SSSR count). The molecule has 1 saturated heterocycles. The summed E-state index contributed by atoms with van der Waals surface area (Å²) in [7, 11) is 2.03. The van der Waals surface area contributed by atoms with Crippen LogP contribution in [0.1, 0.15) is 26.2 Å². The molecule has 0 radical (unpaired) electrons. The van der Waals surface area contributed by atoms with Gasteiger partial charge in [-0.1, -0.05) is 6.92 Å². The second-order valence-corrected chi connectivity index (χ2v) is 4.90. The molecule has 3 N–H and O–H groups in total. The summed E-state index contributed by atoms with van der Waals surface area (Å²) in [6.07, 6.45) is 2.57. The number of nitrogens with zero attached hydrogens (tertiary/aromatic N) is 1. The summed E-state index contributed by atoms with van der Waals surface area (Å²) >= 11 is 0. The molecule has 6 nitrogen and oxygen atoms in total. The van der Waals surface area contributed by atoms with Gasteiger partial charge in [0.15, 0.2) is 0 Å². The van der Waals surface area contributed by atoms with Crippen LogP contribution in [-0.4, -0.2) is 54.7 Å². The minimum atomic E-state index is -0.866. The van der Waals surface area contributed by atoms with Crippen LogP contribution in [0.15, 0.2) is 0 Å². The number of likely N-dealkylation sites (tertiary alicyclic amines) is 1. The standard InChI is InChI=1S/C12H23N3O3/c1-3-9(11(16)17)7-13-12(18)14-10-5-4-6-15(2)8-10/h9-10H,3-8H2,1-2H3,(H,16,17)(H2,13,14,18). The fourth-order valence-electron chi connectivity index (χ4n) is 2.14. The fourth-order valence-corrected chi connectivity index (χ4v) is 2.14. The zero-order valence-electron chi connectivity index (χ0n) is 11.1. The van der Waals surface area contributed by atoms with Crippen LogP contribution in [0.5, 0.6) is 0 Å². The Hall–Kier alpha value is -1.30. The summed E-state index contributed by atoms with van der Waals surface area (Å²) in [6, 6.07) is -0.108. The number of carbonyl (C=O) groups excluding carboxylic acids is 1. The second kappa shape index (κ2) is 7.20. The number of rotatable bonds is 5. The number of carboxylic acids is 1. The molecule has 0 aromatic carbocycles. The van der Waals surface area contributed by atoms with E-state index < -0.39 is 11.9 Å². The van der Waals surface area contributed by atoms with E-state index in [1.54, 1.807) is 6.92 Å². The van der Waals surface area contributed by atoms with Gasteiger partial charge in [-0.2, -0.15) is 0 Å². The quantitative estimate of drug-likeness (QED) is 0.669. The lowest BCUT2D eigenvalue weighted by atomic mass is 10.1. The summed E-state index contributed by atoms with van der Waals surface area (Å²) < 4.78 is 0. The molecule has 0 saturated carbocycles. The van der Waals surface area contributed by atoms with Gasteiger partial charge in [0.2, 0.25) is 0 Å². The van der Waals surface area contributed by atoms with Crippen molar-refractivity contribution in [3.8, 4) is 0 Å². The number of piperidine rings is 1. The molecule has 0 bridgehead atoms. The molecule has 0 spiro atoms. The highest BCUT2D eigenvalue weighted by molar-refractivity contribution is 5.76. The molecular formula is C12H23N3O3. The topological polar surface area (TPSA) is 81.7 Å². The van der Waals surface area contributed by atoms with Crippen molar-refractivity contribution in [1.82, 2.24) is 15.5 Å². The highest BCUT2D eigenvalue weighted by Crippen LogP contribution is 2.07. The molecule has 1 heterocycles. The first-order chi connectivity index (χ1) is 8.52. The Kier molecular flexibility index (Phi) is 5.91. The summed E-state index contributed by atoms with van der Waals surface area (Å²) in [4.78, 5) is 24.6. The molecule has 1 fully saturated rings. The first kappa shape index (κ1) is 14.8. The highest BCUT2D eigenvalue weighted by Gasteiger charge is 2.20.